The number of carboxylic acid groups (broad SMARTS) is 1. The topological polar surface area (TPSA) is 55.8 Å². The number of carbonyl (C=O) groups is 1. The highest BCUT2D eigenvalue weighted by atomic mass is 16.5. The van der Waals surface area contributed by atoms with Crippen LogP contribution in [0.5, 0.6) is 17.2 Å². The quantitative estimate of drug-likeness (QED) is 0.775. The molecule has 4 rings (SSSR count). The van der Waals surface area contributed by atoms with Gasteiger partial charge in [-0.15, -0.1) is 0 Å². The second kappa shape index (κ2) is 6.19. The third-order valence-corrected chi connectivity index (χ3v) is 4.93. The molecule has 1 saturated carbocycles. The third kappa shape index (κ3) is 2.96. The fourth-order valence-electron chi connectivity index (χ4n) is 3.56. The molecule has 2 aromatic rings. The van der Waals surface area contributed by atoms with E-state index in [0.717, 1.165) is 42.1 Å². The highest BCUT2D eigenvalue weighted by molar-refractivity contribution is 5.70. The number of rotatable bonds is 3. The smallest absolute Gasteiger partial charge is 0.306 e. The van der Waals surface area contributed by atoms with E-state index in [0.29, 0.717) is 12.8 Å². The number of para-hydroxylation sites is 1. The number of hydrogen-bond donors (Lipinski definition) is 1. The maximum absolute atomic E-state index is 11.0. The van der Waals surface area contributed by atoms with Crippen LogP contribution in [0.15, 0.2) is 42.5 Å². The number of hydrogen-bond acceptors (Lipinski definition) is 3. The molecule has 0 spiro atoms. The SMILES string of the molecule is O=C(O)[C@H]1CC[C@@H](Oc2ccc3c(c2)Cc2ccccc2O3)CC1. The van der Waals surface area contributed by atoms with Gasteiger partial charge >= 0.3 is 5.97 Å². The van der Waals surface area contributed by atoms with E-state index in [9.17, 15) is 4.79 Å². The number of ether oxygens (including phenoxy) is 2. The van der Waals surface area contributed by atoms with Crippen molar-refractivity contribution in [1.82, 2.24) is 0 Å². The summed E-state index contributed by atoms with van der Waals surface area (Å²) >= 11 is 0. The van der Waals surface area contributed by atoms with Crippen molar-refractivity contribution in [2.45, 2.75) is 38.2 Å². The van der Waals surface area contributed by atoms with Crippen molar-refractivity contribution in [3.8, 4) is 17.2 Å². The van der Waals surface area contributed by atoms with Gasteiger partial charge in [0.1, 0.15) is 17.2 Å². The Balaban J connectivity index is 1.45. The third-order valence-electron chi connectivity index (χ3n) is 4.93. The van der Waals surface area contributed by atoms with Gasteiger partial charge in [-0.3, -0.25) is 4.79 Å². The molecule has 0 atom stereocenters. The maximum atomic E-state index is 11.0. The summed E-state index contributed by atoms with van der Waals surface area (Å²) in [6.07, 6.45) is 3.94. The standard InChI is InChI=1S/C20H20O4/c21-20(22)13-5-7-16(8-6-13)23-17-9-10-19-15(12-17)11-14-3-1-2-4-18(14)24-19/h1-4,9-10,12-13,16H,5-8,11H2,(H,21,22)/t13-,16+. The van der Waals surface area contributed by atoms with E-state index in [1.807, 2.05) is 30.3 Å². The van der Waals surface area contributed by atoms with Gasteiger partial charge in [0.05, 0.1) is 12.0 Å². The Morgan fingerprint density at radius 3 is 2.54 bits per heavy atom. The first-order chi connectivity index (χ1) is 11.7. The summed E-state index contributed by atoms with van der Waals surface area (Å²) in [5.74, 6) is 1.76. The molecule has 0 bridgehead atoms. The molecular formula is C20H20O4. The second-order valence-electron chi connectivity index (χ2n) is 6.59. The second-order valence-corrected chi connectivity index (χ2v) is 6.59. The summed E-state index contributed by atoms with van der Waals surface area (Å²) in [5, 5.41) is 9.07. The average Bonchev–Trinajstić information content (AvgIpc) is 2.60. The van der Waals surface area contributed by atoms with Crippen LogP contribution in [0.25, 0.3) is 0 Å². The fourth-order valence-corrected chi connectivity index (χ4v) is 3.56. The predicted octanol–water partition coefficient (Wildman–Crippen LogP) is 4.41. The van der Waals surface area contributed by atoms with E-state index in [4.69, 9.17) is 14.6 Å². The summed E-state index contributed by atoms with van der Waals surface area (Å²) < 4.78 is 12.0. The van der Waals surface area contributed by atoms with Gasteiger partial charge in [0.2, 0.25) is 0 Å². The van der Waals surface area contributed by atoms with Crippen LogP contribution in [-0.4, -0.2) is 17.2 Å². The lowest BCUT2D eigenvalue weighted by atomic mass is 9.87. The lowest BCUT2D eigenvalue weighted by molar-refractivity contribution is -0.143. The van der Waals surface area contributed by atoms with Crippen LogP contribution < -0.4 is 9.47 Å². The lowest BCUT2D eigenvalue weighted by Crippen LogP contribution is -2.27. The normalized spacial score (nSPS) is 22.0. The Morgan fingerprint density at radius 1 is 1.00 bits per heavy atom. The molecular weight excluding hydrogens is 304 g/mol. The molecule has 1 aliphatic heterocycles. The Kier molecular flexibility index (Phi) is 3.89. The molecule has 2 aromatic carbocycles. The van der Waals surface area contributed by atoms with Crippen LogP contribution in [-0.2, 0) is 11.2 Å². The highest BCUT2D eigenvalue weighted by Crippen LogP contribution is 2.38. The Labute approximate surface area is 141 Å². The molecule has 1 heterocycles. The number of benzene rings is 2. The molecule has 1 fully saturated rings. The van der Waals surface area contributed by atoms with Gasteiger partial charge in [0.25, 0.3) is 0 Å². The molecule has 4 nitrogen and oxygen atoms in total. The minimum Gasteiger partial charge on any atom is -0.490 e. The molecule has 4 heteroatoms. The Bertz CT molecular complexity index is 760. The van der Waals surface area contributed by atoms with Gasteiger partial charge in [0.15, 0.2) is 0 Å². The van der Waals surface area contributed by atoms with Crippen LogP contribution in [0.4, 0.5) is 0 Å². The molecule has 24 heavy (non-hydrogen) atoms. The first-order valence-electron chi connectivity index (χ1n) is 8.47. The highest BCUT2D eigenvalue weighted by Gasteiger charge is 2.27. The van der Waals surface area contributed by atoms with E-state index in [1.54, 1.807) is 0 Å². The number of fused-ring (bicyclic) bond motifs is 2. The maximum Gasteiger partial charge on any atom is 0.306 e. The van der Waals surface area contributed by atoms with Crippen molar-refractivity contribution >= 4 is 5.97 Å². The first kappa shape index (κ1) is 15.1. The zero-order valence-corrected chi connectivity index (χ0v) is 13.4. The van der Waals surface area contributed by atoms with Crippen LogP contribution in [0, 0.1) is 5.92 Å². The van der Waals surface area contributed by atoms with Crippen molar-refractivity contribution in [2.75, 3.05) is 0 Å². The summed E-state index contributed by atoms with van der Waals surface area (Å²) in [7, 11) is 0. The van der Waals surface area contributed by atoms with E-state index >= 15 is 0 Å². The van der Waals surface area contributed by atoms with Crippen LogP contribution in [0.1, 0.15) is 36.8 Å². The largest absolute Gasteiger partial charge is 0.490 e. The zero-order chi connectivity index (χ0) is 16.5. The zero-order valence-electron chi connectivity index (χ0n) is 13.4. The lowest BCUT2D eigenvalue weighted by Gasteiger charge is -2.27. The summed E-state index contributed by atoms with van der Waals surface area (Å²) in [5.41, 5.74) is 2.31. The molecule has 0 saturated heterocycles. The average molecular weight is 324 g/mol. The minimum atomic E-state index is -0.682. The molecule has 0 unspecified atom stereocenters. The van der Waals surface area contributed by atoms with Gasteiger partial charge in [-0.25, -0.2) is 0 Å². The van der Waals surface area contributed by atoms with E-state index in [2.05, 4.69) is 12.1 Å². The Morgan fingerprint density at radius 2 is 1.75 bits per heavy atom. The minimum absolute atomic E-state index is 0.107. The van der Waals surface area contributed by atoms with E-state index in [-0.39, 0.29) is 12.0 Å². The van der Waals surface area contributed by atoms with Crippen molar-refractivity contribution in [2.24, 2.45) is 5.92 Å². The first-order valence-corrected chi connectivity index (χ1v) is 8.47. The summed E-state index contributed by atoms with van der Waals surface area (Å²) in [6.45, 7) is 0. The fraction of sp³-hybridized carbons (Fsp3) is 0.350. The van der Waals surface area contributed by atoms with Gasteiger partial charge < -0.3 is 14.6 Å². The predicted molar refractivity (Wildman–Crippen MR) is 89.8 cm³/mol. The van der Waals surface area contributed by atoms with Crippen molar-refractivity contribution in [3.63, 3.8) is 0 Å². The van der Waals surface area contributed by atoms with Gasteiger partial charge in [-0.1, -0.05) is 18.2 Å². The molecule has 124 valence electrons. The number of carboxylic acids is 1. The van der Waals surface area contributed by atoms with Gasteiger partial charge in [0, 0.05) is 12.0 Å². The van der Waals surface area contributed by atoms with Gasteiger partial charge in [-0.2, -0.15) is 0 Å². The van der Waals surface area contributed by atoms with Crippen molar-refractivity contribution in [3.05, 3.63) is 53.6 Å². The molecule has 1 aliphatic carbocycles. The molecule has 1 N–H and O–H groups in total. The molecule has 0 aromatic heterocycles. The van der Waals surface area contributed by atoms with Crippen LogP contribution in [0.2, 0.25) is 0 Å². The van der Waals surface area contributed by atoms with Crippen molar-refractivity contribution in [1.29, 1.82) is 0 Å². The Hall–Kier alpha value is -2.49. The van der Waals surface area contributed by atoms with E-state index in [1.165, 1.54) is 5.56 Å². The molecule has 0 amide bonds. The van der Waals surface area contributed by atoms with Gasteiger partial charge in [-0.05, 0) is 55.5 Å². The molecule has 2 aliphatic rings. The summed E-state index contributed by atoms with van der Waals surface area (Å²) in [6, 6.07) is 14.0. The summed E-state index contributed by atoms with van der Waals surface area (Å²) in [4.78, 5) is 11.0. The van der Waals surface area contributed by atoms with Crippen molar-refractivity contribution < 1.29 is 19.4 Å². The monoisotopic (exact) mass is 324 g/mol. The molecule has 0 radical (unpaired) electrons. The van der Waals surface area contributed by atoms with Crippen LogP contribution in [0.3, 0.4) is 0 Å². The van der Waals surface area contributed by atoms with Crippen LogP contribution >= 0.6 is 0 Å². The number of aliphatic carboxylic acids is 1. The van der Waals surface area contributed by atoms with E-state index < -0.39 is 5.97 Å².